The lowest BCUT2D eigenvalue weighted by molar-refractivity contribution is 0.0513. The number of ether oxygens (including phenoxy) is 1. The molecular formula is C23H23N5O2. The quantitative estimate of drug-likeness (QED) is 0.427. The number of hydrogen-bond donors (Lipinski definition) is 1. The highest BCUT2D eigenvalue weighted by atomic mass is 16.5. The van der Waals surface area contributed by atoms with Crippen molar-refractivity contribution < 1.29 is 9.53 Å². The Labute approximate surface area is 175 Å². The molecule has 0 aliphatic rings. The summed E-state index contributed by atoms with van der Waals surface area (Å²) < 4.78 is 5.26. The predicted molar refractivity (Wildman–Crippen MR) is 114 cm³/mol. The van der Waals surface area contributed by atoms with Crippen molar-refractivity contribution in [1.29, 1.82) is 5.26 Å². The van der Waals surface area contributed by atoms with E-state index in [1.165, 1.54) is 0 Å². The van der Waals surface area contributed by atoms with Gasteiger partial charge in [0.1, 0.15) is 24.2 Å². The average Bonchev–Trinajstić information content (AvgIpc) is 2.81. The Morgan fingerprint density at radius 2 is 1.97 bits per heavy atom. The number of anilines is 1. The average molecular weight is 401 g/mol. The Morgan fingerprint density at radius 1 is 1.13 bits per heavy atom. The van der Waals surface area contributed by atoms with Crippen LogP contribution < -0.4 is 5.32 Å². The molecule has 0 amide bonds. The highest BCUT2D eigenvalue weighted by molar-refractivity contribution is 5.87. The monoisotopic (exact) mass is 401 g/mol. The molecule has 3 aromatic heterocycles. The van der Waals surface area contributed by atoms with Crippen molar-refractivity contribution in [2.75, 3.05) is 18.5 Å². The molecule has 0 aliphatic heterocycles. The van der Waals surface area contributed by atoms with Gasteiger partial charge >= 0.3 is 5.97 Å². The molecule has 7 nitrogen and oxygen atoms in total. The molecule has 0 saturated heterocycles. The molecule has 0 aliphatic carbocycles. The third kappa shape index (κ3) is 5.61. The van der Waals surface area contributed by atoms with E-state index in [0.29, 0.717) is 17.9 Å². The Kier molecular flexibility index (Phi) is 7.45. The number of nitriles is 1. The van der Waals surface area contributed by atoms with Gasteiger partial charge in [-0.25, -0.2) is 14.8 Å². The number of rotatable bonds is 9. The first-order chi connectivity index (χ1) is 14.7. The van der Waals surface area contributed by atoms with Gasteiger partial charge in [-0.3, -0.25) is 4.98 Å². The first-order valence-electron chi connectivity index (χ1n) is 9.87. The maximum atomic E-state index is 12.1. The zero-order valence-electron chi connectivity index (χ0n) is 16.8. The van der Waals surface area contributed by atoms with Crippen molar-refractivity contribution in [3.63, 3.8) is 0 Å². The molecule has 3 heterocycles. The normalized spacial score (nSPS) is 10.3. The summed E-state index contributed by atoms with van der Waals surface area (Å²) in [6, 6.07) is 11.2. The number of unbranched alkanes of at least 4 members (excludes halogenated alkanes) is 1. The fourth-order valence-corrected chi connectivity index (χ4v) is 2.85. The van der Waals surface area contributed by atoms with Crippen LogP contribution in [0.3, 0.4) is 0 Å². The molecule has 0 unspecified atom stereocenters. The second kappa shape index (κ2) is 10.7. The van der Waals surface area contributed by atoms with E-state index in [9.17, 15) is 10.1 Å². The van der Waals surface area contributed by atoms with E-state index in [2.05, 4.69) is 33.3 Å². The molecule has 0 radical (unpaired) electrons. The maximum absolute atomic E-state index is 12.1. The van der Waals surface area contributed by atoms with Gasteiger partial charge in [0.15, 0.2) is 0 Å². The summed E-state index contributed by atoms with van der Waals surface area (Å²) in [6.07, 6.45) is 9.96. The van der Waals surface area contributed by atoms with E-state index < -0.39 is 5.97 Å². The molecule has 0 atom stereocenters. The van der Waals surface area contributed by atoms with E-state index in [4.69, 9.17) is 4.74 Å². The van der Waals surface area contributed by atoms with Crippen molar-refractivity contribution in [2.45, 2.75) is 26.2 Å². The van der Waals surface area contributed by atoms with Crippen molar-refractivity contribution in [2.24, 2.45) is 0 Å². The minimum Gasteiger partial charge on any atom is -0.459 e. The molecule has 0 saturated carbocycles. The Hall–Kier alpha value is -3.79. The van der Waals surface area contributed by atoms with Gasteiger partial charge in [0, 0.05) is 30.4 Å². The van der Waals surface area contributed by atoms with E-state index in [-0.39, 0.29) is 12.3 Å². The largest absolute Gasteiger partial charge is 0.459 e. The molecule has 0 aromatic carbocycles. The fourth-order valence-electron chi connectivity index (χ4n) is 2.85. The standard InChI is InChI=1S/C23H23N5O2/c1-2-3-4-17-5-6-21(27-15-17)23(29)30-12-11-26-22-19(14-24)13-20(16-28-22)18-7-9-25-10-8-18/h5-10,13,15-16H,2-4,11-12H2,1H3,(H,26,28). The Balaban J connectivity index is 1.51. The number of carbonyl (C=O) groups is 1. The molecule has 152 valence electrons. The number of aromatic nitrogens is 3. The van der Waals surface area contributed by atoms with Crippen LogP contribution >= 0.6 is 0 Å². The molecule has 1 N–H and O–H groups in total. The zero-order chi connectivity index (χ0) is 21.2. The first kappa shape index (κ1) is 20.9. The number of hydrogen-bond acceptors (Lipinski definition) is 7. The van der Waals surface area contributed by atoms with Gasteiger partial charge in [-0.05, 0) is 48.2 Å². The molecule has 0 fully saturated rings. The summed E-state index contributed by atoms with van der Waals surface area (Å²) in [7, 11) is 0. The SMILES string of the molecule is CCCCc1ccc(C(=O)OCCNc2ncc(-c3ccncc3)cc2C#N)nc1. The number of pyridine rings is 3. The lowest BCUT2D eigenvalue weighted by Gasteiger charge is -2.10. The van der Waals surface area contributed by atoms with E-state index in [1.54, 1.807) is 36.9 Å². The van der Waals surface area contributed by atoms with Gasteiger partial charge in [0.05, 0.1) is 12.1 Å². The fraction of sp³-hybridized carbons (Fsp3) is 0.261. The second-order valence-electron chi connectivity index (χ2n) is 6.69. The van der Waals surface area contributed by atoms with Gasteiger partial charge in [-0.2, -0.15) is 5.26 Å². The van der Waals surface area contributed by atoms with E-state index in [1.807, 2.05) is 18.2 Å². The zero-order valence-corrected chi connectivity index (χ0v) is 16.8. The molecule has 3 rings (SSSR count). The second-order valence-corrected chi connectivity index (χ2v) is 6.69. The van der Waals surface area contributed by atoms with Gasteiger partial charge < -0.3 is 10.1 Å². The molecule has 0 spiro atoms. The number of nitrogens with zero attached hydrogens (tertiary/aromatic N) is 4. The molecule has 7 heteroatoms. The smallest absolute Gasteiger partial charge is 0.356 e. The van der Waals surface area contributed by atoms with Crippen molar-refractivity contribution in [3.8, 4) is 17.2 Å². The maximum Gasteiger partial charge on any atom is 0.356 e. The van der Waals surface area contributed by atoms with Crippen molar-refractivity contribution >= 4 is 11.8 Å². The third-order valence-corrected chi connectivity index (χ3v) is 4.50. The van der Waals surface area contributed by atoms with Crippen LogP contribution in [-0.2, 0) is 11.2 Å². The number of aryl methyl sites for hydroxylation is 1. The Morgan fingerprint density at radius 3 is 2.67 bits per heavy atom. The third-order valence-electron chi connectivity index (χ3n) is 4.50. The van der Waals surface area contributed by atoms with Crippen molar-refractivity contribution in [3.05, 3.63) is 71.9 Å². The molecular weight excluding hydrogens is 378 g/mol. The summed E-state index contributed by atoms with van der Waals surface area (Å²) in [4.78, 5) is 24.6. The van der Waals surface area contributed by atoms with Crippen LogP contribution in [0.25, 0.3) is 11.1 Å². The van der Waals surface area contributed by atoms with Crippen LogP contribution in [0.1, 0.15) is 41.4 Å². The van der Waals surface area contributed by atoms with Crippen LogP contribution in [0, 0.1) is 11.3 Å². The van der Waals surface area contributed by atoms with Crippen molar-refractivity contribution in [1.82, 2.24) is 15.0 Å². The van der Waals surface area contributed by atoms with Gasteiger partial charge in [0.2, 0.25) is 0 Å². The number of nitrogens with one attached hydrogen (secondary N) is 1. The van der Waals surface area contributed by atoms with Crippen LogP contribution in [0.2, 0.25) is 0 Å². The summed E-state index contributed by atoms with van der Waals surface area (Å²) in [5.74, 6) is -0.0231. The highest BCUT2D eigenvalue weighted by Gasteiger charge is 2.10. The Bertz CT molecular complexity index is 1010. The highest BCUT2D eigenvalue weighted by Crippen LogP contribution is 2.22. The van der Waals surface area contributed by atoms with Crippen LogP contribution in [0.4, 0.5) is 5.82 Å². The van der Waals surface area contributed by atoms with Gasteiger partial charge in [0.25, 0.3) is 0 Å². The summed E-state index contributed by atoms with van der Waals surface area (Å²) in [5, 5.41) is 12.5. The van der Waals surface area contributed by atoms with Gasteiger partial charge in [-0.1, -0.05) is 19.4 Å². The van der Waals surface area contributed by atoms with Crippen LogP contribution in [0.15, 0.2) is 55.1 Å². The molecule has 3 aromatic rings. The number of esters is 1. The summed E-state index contributed by atoms with van der Waals surface area (Å²) in [6.45, 7) is 2.60. The molecule has 0 bridgehead atoms. The van der Waals surface area contributed by atoms with Gasteiger partial charge in [-0.15, -0.1) is 0 Å². The lowest BCUT2D eigenvalue weighted by atomic mass is 10.1. The first-order valence-corrected chi connectivity index (χ1v) is 9.87. The minimum atomic E-state index is -0.472. The van der Waals surface area contributed by atoms with Crippen LogP contribution in [-0.4, -0.2) is 34.1 Å². The summed E-state index contributed by atoms with van der Waals surface area (Å²) >= 11 is 0. The lowest BCUT2D eigenvalue weighted by Crippen LogP contribution is -2.16. The minimum absolute atomic E-state index is 0.136. The number of carbonyl (C=O) groups excluding carboxylic acids is 1. The summed E-state index contributed by atoms with van der Waals surface area (Å²) in [5.41, 5.74) is 3.58. The van der Waals surface area contributed by atoms with Crippen LogP contribution in [0.5, 0.6) is 0 Å². The van der Waals surface area contributed by atoms with E-state index in [0.717, 1.165) is 36.0 Å². The van der Waals surface area contributed by atoms with E-state index >= 15 is 0 Å². The molecule has 30 heavy (non-hydrogen) atoms. The topological polar surface area (TPSA) is 101 Å². The predicted octanol–water partition coefficient (Wildman–Crippen LogP) is 4.02.